The van der Waals surface area contributed by atoms with Crippen molar-refractivity contribution in [2.75, 3.05) is 26.2 Å². The Hall–Kier alpha value is -2.17. The van der Waals surface area contributed by atoms with Crippen LogP contribution in [0.1, 0.15) is 23.7 Å². The summed E-state index contributed by atoms with van der Waals surface area (Å²) in [7, 11) is 0. The zero-order valence-electron chi connectivity index (χ0n) is 13.8. The van der Waals surface area contributed by atoms with Crippen molar-refractivity contribution in [3.63, 3.8) is 0 Å². The maximum absolute atomic E-state index is 12.4. The van der Waals surface area contributed by atoms with Gasteiger partial charge in [-0.25, -0.2) is 0 Å². The molecule has 3 rings (SSSR count). The van der Waals surface area contributed by atoms with Crippen molar-refractivity contribution in [3.05, 3.63) is 71.8 Å². The van der Waals surface area contributed by atoms with Crippen molar-refractivity contribution < 1.29 is 9.90 Å². The number of aliphatic hydroxyl groups excluding tert-OH is 1. The Balaban J connectivity index is 1.47. The Labute approximate surface area is 143 Å². The smallest absolute Gasteiger partial charge is 0.225 e. The molecule has 4 nitrogen and oxygen atoms in total. The maximum Gasteiger partial charge on any atom is 0.225 e. The Morgan fingerprint density at radius 3 is 2.12 bits per heavy atom. The Morgan fingerprint density at radius 1 is 0.917 bits per heavy atom. The van der Waals surface area contributed by atoms with Crippen LogP contribution in [0.5, 0.6) is 0 Å². The van der Waals surface area contributed by atoms with Crippen LogP contribution in [0.3, 0.4) is 0 Å². The van der Waals surface area contributed by atoms with Crippen LogP contribution in [-0.2, 0) is 11.3 Å². The van der Waals surface area contributed by atoms with Crippen molar-refractivity contribution in [2.45, 2.75) is 19.1 Å². The van der Waals surface area contributed by atoms with Crippen molar-refractivity contribution in [3.8, 4) is 0 Å². The third-order valence-electron chi connectivity index (χ3n) is 4.53. The fourth-order valence-corrected chi connectivity index (χ4v) is 3.08. The van der Waals surface area contributed by atoms with E-state index in [1.54, 1.807) is 0 Å². The maximum atomic E-state index is 12.4. The molecule has 0 bridgehead atoms. The van der Waals surface area contributed by atoms with Crippen LogP contribution in [0.25, 0.3) is 0 Å². The highest BCUT2D eigenvalue weighted by Gasteiger charge is 2.23. The molecule has 1 saturated heterocycles. The van der Waals surface area contributed by atoms with Gasteiger partial charge in [-0.15, -0.1) is 0 Å². The molecule has 2 aromatic carbocycles. The zero-order valence-corrected chi connectivity index (χ0v) is 13.8. The molecule has 1 aliphatic heterocycles. The van der Waals surface area contributed by atoms with Crippen LogP contribution in [0, 0.1) is 0 Å². The van der Waals surface area contributed by atoms with E-state index in [0.717, 1.165) is 38.3 Å². The second-order valence-corrected chi connectivity index (χ2v) is 6.27. The SMILES string of the molecule is O=C(CC(O)c1ccccc1)N1CCN(Cc2ccccc2)CC1. The van der Waals surface area contributed by atoms with E-state index in [9.17, 15) is 9.90 Å². The van der Waals surface area contributed by atoms with Gasteiger partial charge in [0.2, 0.25) is 5.91 Å². The van der Waals surface area contributed by atoms with Gasteiger partial charge < -0.3 is 10.0 Å². The van der Waals surface area contributed by atoms with Crippen LogP contribution < -0.4 is 0 Å². The minimum absolute atomic E-state index is 0.0331. The third-order valence-corrected chi connectivity index (χ3v) is 4.53. The van der Waals surface area contributed by atoms with Gasteiger partial charge in [-0.05, 0) is 11.1 Å². The highest BCUT2D eigenvalue weighted by molar-refractivity contribution is 5.77. The first-order valence-corrected chi connectivity index (χ1v) is 8.49. The number of amides is 1. The average Bonchev–Trinajstić information content (AvgIpc) is 2.64. The van der Waals surface area contributed by atoms with Crippen LogP contribution >= 0.6 is 0 Å². The first-order valence-electron chi connectivity index (χ1n) is 8.49. The number of nitrogens with zero attached hydrogens (tertiary/aromatic N) is 2. The summed E-state index contributed by atoms with van der Waals surface area (Å²) >= 11 is 0. The summed E-state index contributed by atoms with van der Waals surface area (Å²) < 4.78 is 0. The lowest BCUT2D eigenvalue weighted by Crippen LogP contribution is -2.48. The fourth-order valence-electron chi connectivity index (χ4n) is 3.08. The van der Waals surface area contributed by atoms with Crippen LogP contribution in [0.4, 0.5) is 0 Å². The monoisotopic (exact) mass is 324 g/mol. The summed E-state index contributed by atoms with van der Waals surface area (Å²) in [6, 6.07) is 19.8. The lowest BCUT2D eigenvalue weighted by atomic mass is 10.1. The van der Waals surface area contributed by atoms with Crippen molar-refractivity contribution in [1.29, 1.82) is 0 Å². The first-order chi connectivity index (χ1) is 11.7. The molecule has 126 valence electrons. The molecule has 4 heteroatoms. The number of carbonyl (C=O) groups excluding carboxylic acids is 1. The quantitative estimate of drug-likeness (QED) is 0.919. The predicted octanol–water partition coefficient (Wildman–Crippen LogP) is 2.45. The molecule has 1 heterocycles. The van der Waals surface area contributed by atoms with E-state index in [0.29, 0.717) is 0 Å². The second-order valence-electron chi connectivity index (χ2n) is 6.27. The highest BCUT2D eigenvalue weighted by atomic mass is 16.3. The lowest BCUT2D eigenvalue weighted by Gasteiger charge is -2.35. The Bertz CT molecular complexity index is 637. The molecule has 0 radical (unpaired) electrons. The van der Waals surface area contributed by atoms with Crippen LogP contribution in [0.2, 0.25) is 0 Å². The standard InChI is InChI=1S/C20H24N2O2/c23-19(18-9-5-2-6-10-18)15-20(24)22-13-11-21(12-14-22)16-17-7-3-1-4-8-17/h1-10,19,23H,11-16H2. The number of piperazine rings is 1. The minimum Gasteiger partial charge on any atom is -0.388 e. The van der Waals surface area contributed by atoms with E-state index in [1.807, 2.05) is 41.3 Å². The predicted molar refractivity (Wildman–Crippen MR) is 94.3 cm³/mol. The molecule has 0 aromatic heterocycles. The fraction of sp³-hybridized carbons (Fsp3) is 0.350. The van der Waals surface area contributed by atoms with E-state index < -0.39 is 6.10 Å². The second kappa shape index (κ2) is 8.08. The topological polar surface area (TPSA) is 43.8 Å². The summed E-state index contributed by atoms with van der Waals surface area (Å²) in [4.78, 5) is 16.6. The molecule has 0 aliphatic carbocycles. The molecule has 1 unspecified atom stereocenters. The van der Waals surface area contributed by atoms with Gasteiger partial charge >= 0.3 is 0 Å². The first kappa shape index (κ1) is 16.7. The minimum atomic E-state index is -0.721. The summed E-state index contributed by atoms with van der Waals surface area (Å²) in [6.07, 6.45) is -0.566. The van der Waals surface area contributed by atoms with Gasteiger partial charge in [0, 0.05) is 32.7 Å². The van der Waals surface area contributed by atoms with E-state index in [4.69, 9.17) is 0 Å². The molecule has 0 spiro atoms. The van der Waals surface area contributed by atoms with Gasteiger partial charge in [-0.2, -0.15) is 0 Å². The van der Waals surface area contributed by atoms with Gasteiger partial charge in [0.15, 0.2) is 0 Å². The summed E-state index contributed by atoms with van der Waals surface area (Å²) in [5.74, 6) is 0.0331. The molecule has 1 N–H and O–H groups in total. The summed E-state index contributed by atoms with van der Waals surface area (Å²) in [5.41, 5.74) is 2.10. The van der Waals surface area contributed by atoms with Gasteiger partial charge in [-0.1, -0.05) is 60.7 Å². The van der Waals surface area contributed by atoms with E-state index in [-0.39, 0.29) is 12.3 Å². The molecule has 1 atom stereocenters. The van der Waals surface area contributed by atoms with E-state index >= 15 is 0 Å². The zero-order chi connectivity index (χ0) is 16.8. The van der Waals surface area contributed by atoms with Crippen molar-refractivity contribution in [1.82, 2.24) is 9.80 Å². The number of carbonyl (C=O) groups is 1. The summed E-state index contributed by atoms with van der Waals surface area (Å²) in [5, 5.41) is 10.2. The molecule has 0 saturated carbocycles. The van der Waals surface area contributed by atoms with Gasteiger partial charge in [0.25, 0.3) is 0 Å². The van der Waals surface area contributed by atoms with Crippen molar-refractivity contribution >= 4 is 5.91 Å². The Morgan fingerprint density at radius 2 is 1.50 bits per heavy atom. The normalized spacial score (nSPS) is 16.8. The highest BCUT2D eigenvalue weighted by Crippen LogP contribution is 2.18. The van der Waals surface area contributed by atoms with Gasteiger partial charge in [-0.3, -0.25) is 9.69 Å². The summed E-state index contributed by atoms with van der Waals surface area (Å²) in [6.45, 7) is 4.14. The number of aliphatic hydroxyl groups is 1. The lowest BCUT2D eigenvalue weighted by molar-refractivity contribution is -0.135. The number of benzene rings is 2. The Kier molecular flexibility index (Phi) is 5.62. The molecular formula is C20H24N2O2. The van der Waals surface area contributed by atoms with Gasteiger partial charge in [0.05, 0.1) is 12.5 Å². The molecule has 1 amide bonds. The van der Waals surface area contributed by atoms with Crippen LogP contribution in [-0.4, -0.2) is 47.0 Å². The van der Waals surface area contributed by atoms with Crippen LogP contribution in [0.15, 0.2) is 60.7 Å². The molecule has 2 aromatic rings. The third kappa shape index (κ3) is 4.43. The molecule has 1 aliphatic rings. The van der Waals surface area contributed by atoms with E-state index in [1.165, 1.54) is 5.56 Å². The largest absolute Gasteiger partial charge is 0.388 e. The number of hydrogen-bond acceptors (Lipinski definition) is 3. The molecular weight excluding hydrogens is 300 g/mol. The number of rotatable bonds is 5. The van der Waals surface area contributed by atoms with Crippen molar-refractivity contribution in [2.24, 2.45) is 0 Å². The number of hydrogen-bond donors (Lipinski definition) is 1. The van der Waals surface area contributed by atoms with Gasteiger partial charge in [0.1, 0.15) is 0 Å². The molecule has 1 fully saturated rings. The van der Waals surface area contributed by atoms with E-state index in [2.05, 4.69) is 29.2 Å². The average molecular weight is 324 g/mol. The molecule has 24 heavy (non-hydrogen) atoms.